The van der Waals surface area contributed by atoms with Crippen LogP contribution in [0.25, 0.3) is 0 Å². The molecule has 0 bridgehead atoms. The van der Waals surface area contributed by atoms with Gasteiger partial charge in [-0.3, -0.25) is 0 Å². The number of para-hydroxylation sites is 1. The summed E-state index contributed by atoms with van der Waals surface area (Å²) in [6.45, 7) is 1.83. The highest BCUT2D eigenvalue weighted by Crippen LogP contribution is 2.28. The molecular weight excluding hydrogens is 337 g/mol. The number of halogens is 2. The number of benzene rings is 2. The highest BCUT2D eigenvalue weighted by atomic mass is 79.9. The maximum atomic E-state index is 13.5. The lowest BCUT2D eigenvalue weighted by Gasteiger charge is -2.20. The van der Waals surface area contributed by atoms with Crippen molar-refractivity contribution in [1.82, 2.24) is 0 Å². The zero-order valence-corrected chi connectivity index (χ0v) is 13.3. The van der Waals surface area contributed by atoms with E-state index in [1.807, 2.05) is 31.2 Å². The maximum Gasteiger partial charge on any atom is 0.333 e. The van der Waals surface area contributed by atoms with Crippen molar-refractivity contribution in [3.05, 3.63) is 63.9 Å². The average molecular weight is 352 g/mol. The van der Waals surface area contributed by atoms with Gasteiger partial charge in [-0.15, -0.1) is 0 Å². The van der Waals surface area contributed by atoms with Crippen LogP contribution in [0.3, 0.4) is 0 Å². The molecule has 1 atom stereocenters. The minimum absolute atomic E-state index is 0.390. The van der Waals surface area contributed by atoms with Crippen molar-refractivity contribution in [2.45, 2.75) is 13.0 Å². The molecule has 3 nitrogen and oxygen atoms in total. The van der Waals surface area contributed by atoms with Gasteiger partial charge >= 0.3 is 5.97 Å². The van der Waals surface area contributed by atoms with Crippen LogP contribution in [0.4, 0.5) is 10.1 Å². The Balaban J connectivity index is 2.42. The summed E-state index contributed by atoms with van der Waals surface area (Å²) in [5, 5.41) is 3.09. The van der Waals surface area contributed by atoms with Gasteiger partial charge < -0.3 is 10.1 Å². The summed E-state index contributed by atoms with van der Waals surface area (Å²) in [6.07, 6.45) is 0. The first-order valence-electron chi connectivity index (χ1n) is 6.38. The Hall–Kier alpha value is -1.88. The number of hydrogen-bond acceptors (Lipinski definition) is 3. The van der Waals surface area contributed by atoms with Gasteiger partial charge in [-0.2, -0.15) is 0 Å². The second-order valence-corrected chi connectivity index (χ2v) is 5.44. The third kappa shape index (κ3) is 3.61. The zero-order chi connectivity index (χ0) is 15.4. The van der Waals surface area contributed by atoms with E-state index in [4.69, 9.17) is 4.74 Å². The lowest BCUT2D eigenvalue weighted by Crippen LogP contribution is -2.23. The Morgan fingerprint density at radius 3 is 2.67 bits per heavy atom. The molecule has 1 N–H and O–H groups in total. The molecule has 0 aliphatic heterocycles. The highest BCUT2D eigenvalue weighted by molar-refractivity contribution is 9.10. The summed E-state index contributed by atoms with van der Waals surface area (Å²) in [5.41, 5.74) is 2.10. The zero-order valence-electron chi connectivity index (χ0n) is 11.7. The second-order valence-electron chi connectivity index (χ2n) is 4.58. The van der Waals surface area contributed by atoms with Crippen molar-refractivity contribution in [2.75, 3.05) is 12.4 Å². The van der Waals surface area contributed by atoms with Crippen molar-refractivity contribution in [3.8, 4) is 0 Å². The van der Waals surface area contributed by atoms with Gasteiger partial charge in [0.2, 0.25) is 0 Å². The van der Waals surface area contributed by atoms with Crippen molar-refractivity contribution in [1.29, 1.82) is 0 Å². The Morgan fingerprint density at radius 2 is 2.00 bits per heavy atom. The fourth-order valence-corrected chi connectivity index (χ4v) is 2.44. The topological polar surface area (TPSA) is 38.3 Å². The van der Waals surface area contributed by atoms with E-state index in [2.05, 4.69) is 21.2 Å². The van der Waals surface area contributed by atoms with Crippen LogP contribution in [0.15, 0.2) is 46.9 Å². The van der Waals surface area contributed by atoms with Crippen molar-refractivity contribution in [3.63, 3.8) is 0 Å². The number of esters is 1. The summed E-state index contributed by atoms with van der Waals surface area (Å²) in [5.74, 6) is -0.863. The van der Waals surface area contributed by atoms with Crippen LogP contribution in [0.2, 0.25) is 0 Å². The van der Waals surface area contributed by atoms with Gasteiger partial charge in [0, 0.05) is 10.2 Å². The van der Waals surface area contributed by atoms with E-state index in [1.165, 1.54) is 19.2 Å². The Bertz CT molecular complexity index is 660. The number of hydrogen-bond donors (Lipinski definition) is 1. The van der Waals surface area contributed by atoms with Crippen LogP contribution in [0.1, 0.15) is 17.2 Å². The molecule has 2 rings (SSSR count). The lowest BCUT2D eigenvalue weighted by atomic mass is 10.0. The molecule has 0 spiro atoms. The standard InChI is InChI=1S/C16H15BrFNO2/c1-10-7-8-11(18)9-12(10)15(16(20)21-2)19-14-6-4-3-5-13(14)17/h3-9,15,19H,1-2H3. The molecule has 0 saturated carbocycles. The van der Waals surface area contributed by atoms with Crippen molar-refractivity contribution < 1.29 is 13.9 Å². The fraction of sp³-hybridized carbons (Fsp3) is 0.188. The third-order valence-corrected chi connectivity index (χ3v) is 3.85. The Morgan fingerprint density at radius 1 is 1.29 bits per heavy atom. The number of rotatable bonds is 4. The van der Waals surface area contributed by atoms with Crippen LogP contribution >= 0.6 is 15.9 Å². The molecule has 0 aromatic heterocycles. The van der Waals surface area contributed by atoms with E-state index in [0.29, 0.717) is 5.56 Å². The quantitative estimate of drug-likeness (QED) is 0.838. The van der Waals surface area contributed by atoms with E-state index in [1.54, 1.807) is 6.07 Å². The molecule has 0 saturated heterocycles. The number of carbonyl (C=O) groups excluding carboxylic acids is 1. The monoisotopic (exact) mass is 351 g/mol. The van der Waals surface area contributed by atoms with Crippen LogP contribution in [0, 0.1) is 12.7 Å². The summed E-state index contributed by atoms with van der Waals surface area (Å²) < 4.78 is 19.2. The third-order valence-electron chi connectivity index (χ3n) is 3.16. The van der Waals surface area contributed by atoms with Gasteiger partial charge in [0.25, 0.3) is 0 Å². The minimum atomic E-state index is -0.774. The molecule has 2 aromatic rings. The Kier molecular flexibility index (Phi) is 4.96. The summed E-state index contributed by atoms with van der Waals surface area (Å²) in [4.78, 5) is 12.1. The molecule has 1 unspecified atom stereocenters. The van der Waals surface area contributed by atoms with Gasteiger partial charge in [0.1, 0.15) is 5.82 Å². The molecule has 0 aliphatic carbocycles. The molecule has 2 aromatic carbocycles. The first-order valence-corrected chi connectivity index (χ1v) is 7.17. The van der Waals surface area contributed by atoms with Crippen molar-refractivity contribution in [2.24, 2.45) is 0 Å². The van der Waals surface area contributed by atoms with Crippen molar-refractivity contribution >= 4 is 27.6 Å². The molecule has 5 heteroatoms. The first-order chi connectivity index (χ1) is 10.0. The minimum Gasteiger partial charge on any atom is -0.467 e. The molecule has 21 heavy (non-hydrogen) atoms. The average Bonchev–Trinajstić information content (AvgIpc) is 2.48. The normalized spacial score (nSPS) is 11.8. The van der Waals surface area contributed by atoms with Crippen LogP contribution < -0.4 is 5.32 Å². The molecule has 0 heterocycles. The molecule has 0 amide bonds. The van der Waals surface area contributed by atoms with Crippen LogP contribution in [0.5, 0.6) is 0 Å². The van der Waals surface area contributed by atoms with Crippen LogP contribution in [-0.4, -0.2) is 13.1 Å². The van der Waals surface area contributed by atoms with Gasteiger partial charge in [0.05, 0.1) is 7.11 Å². The SMILES string of the molecule is COC(=O)C(Nc1ccccc1Br)c1cc(F)ccc1C. The van der Waals surface area contributed by atoms with Gasteiger partial charge in [0.15, 0.2) is 6.04 Å². The second kappa shape index (κ2) is 6.72. The number of carbonyl (C=O) groups is 1. The van der Waals surface area contributed by atoms with Crippen LogP contribution in [-0.2, 0) is 9.53 Å². The van der Waals surface area contributed by atoms with E-state index >= 15 is 0 Å². The van der Waals surface area contributed by atoms with E-state index in [9.17, 15) is 9.18 Å². The Labute approximate surface area is 131 Å². The summed E-state index contributed by atoms with van der Waals surface area (Å²) in [6, 6.07) is 11.0. The van der Waals surface area contributed by atoms with Gasteiger partial charge in [-0.05, 0) is 58.2 Å². The maximum absolute atomic E-state index is 13.5. The molecule has 0 radical (unpaired) electrons. The fourth-order valence-electron chi connectivity index (χ4n) is 2.04. The number of aryl methyl sites for hydroxylation is 1. The van der Waals surface area contributed by atoms with E-state index in [-0.39, 0.29) is 0 Å². The molecule has 0 fully saturated rings. The molecule has 0 aliphatic rings. The van der Waals surface area contributed by atoms with Gasteiger partial charge in [-0.25, -0.2) is 9.18 Å². The smallest absolute Gasteiger partial charge is 0.333 e. The number of ether oxygens (including phenoxy) is 1. The predicted molar refractivity (Wildman–Crippen MR) is 83.7 cm³/mol. The van der Waals surface area contributed by atoms with E-state index < -0.39 is 17.8 Å². The van der Waals surface area contributed by atoms with E-state index in [0.717, 1.165) is 15.7 Å². The largest absolute Gasteiger partial charge is 0.467 e. The summed E-state index contributed by atoms with van der Waals surface area (Å²) in [7, 11) is 1.31. The first kappa shape index (κ1) is 15.5. The number of nitrogens with one attached hydrogen (secondary N) is 1. The number of anilines is 1. The highest BCUT2D eigenvalue weighted by Gasteiger charge is 2.24. The summed E-state index contributed by atoms with van der Waals surface area (Å²) >= 11 is 3.41. The lowest BCUT2D eigenvalue weighted by molar-refractivity contribution is -0.141. The molecule has 110 valence electrons. The molecular formula is C16H15BrFNO2. The van der Waals surface area contributed by atoms with Gasteiger partial charge in [-0.1, -0.05) is 18.2 Å². The predicted octanol–water partition coefficient (Wildman–Crippen LogP) is 4.22. The number of methoxy groups -OCH3 is 1.